The van der Waals surface area contributed by atoms with Crippen molar-refractivity contribution in [3.63, 3.8) is 0 Å². The van der Waals surface area contributed by atoms with E-state index in [1.807, 2.05) is 13.8 Å². The fourth-order valence-electron chi connectivity index (χ4n) is 2.56. The van der Waals surface area contributed by atoms with Crippen LogP contribution >= 0.6 is 0 Å². The molecule has 0 aromatic rings. The van der Waals surface area contributed by atoms with Crippen molar-refractivity contribution in [1.29, 1.82) is 0 Å². The first-order valence-corrected chi connectivity index (χ1v) is 8.61. The van der Waals surface area contributed by atoms with Crippen molar-refractivity contribution >= 4 is 11.8 Å². The van der Waals surface area contributed by atoms with Gasteiger partial charge in [0.25, 0.3) is 5.91 Å². The third-order valence-electron chi connectivity index (χ3n) is 4.07. The van der Waals surface area contributed by atoms with Gasteiger partial charge in [0.2, 0.25) is 5.91 Å². The molecule has 0 aromatic heterocycles. The molecule has 1 aliphatic heterocycles. The monoisotopic (exact) mass is 358 g/mol. The summed E-state index contributed by atoms with van der Waals surface area (Å²) >= 11 is 0. The Hall–Kier alpha value is -1.48. The number of rotatable bonds is 8. The molecule has 1 heterocycles. The molecule has 1 saturated heterocycles. The third kappa shape index (κ3) is 6.74. The number of ether oxygens (including phenoxy) is 1. The SMILES string of the molecule is CO[C@@H](C(=O)N[C@H]1CCCCNC1=O)[C@@H](O)[C@H](O)[C@H](O)/C=C/C(C)C. The molecule has 144 valence electrons. The highest BCUT2D eigenvalue weighted by molar-refractivity contribution is 5.89. The summed E-state index contributed by atoms with van der Waals surface area (Å²) < 4.78 is 4.99. The molecule has 0 aromatic carbocycles. The quantitative estimate of drug-likeness (QED) is 0.357. The lowest BCUT2D eigenvalue weighted by molar-refractivity contribution is -0.150. The van der Waals surface area contributed by atoms with E-state index in [-0.39, 0.29) is 11.8 Å². The second kappa shape index (κ2) is 10.5. The summed E-state index contributed by atoms with van der Waals surface area (Å²) in [6.07, 6.45) is -0.851. The van der Waals surface area contributed by atoms with Crippen molar-refractivity contribution in [3.05, 3.63) is 12.2 Å². The van der Waals surface area contributed by atoms with Crippen LogP contribution in [0, 0.1) is 5.92 Å². The number of amides is 2. The number of methoxy groups -OCH3 is 1. The van der Waals surface area contributed by atoms with Gasteiger partial charge in [0, 0.05) is 13.7 Å². The Bertz CT molecular complexity index is 468. The maximum absolute atomic E-state index is 12.3. The first-order valence-electron chi connectivity index (χ1n) is 8.61. The van der Waals surface area contributed by atoms with Crippen LogP contribution in [0.5, 0.6) is 0 Å². The van der Waals surface area contributed by atoms with Gasteiger partial charge in [0.1, 0.15) is 24.4 Å². The molecule has 1 aliphatic rings. The highest BCUT2D eigenvalue weighted by atomic mass is 16.5. The first kappa shape index (κ1) is 21.6. The van der Waals surface area contributed by atoms with Crippen LogP contribution in [0.3, 0.4) is 0 Å². The van der Waals surface area contributed by atoms with Crippen LogP contribution in [0.15, 0.2) is 12.2 Å². The van der Waals surface area contributed by atoms with Crippen LogP contribution in [-0.2, 0) is 14.3 Å². The predicted octanol–water partition coefficient (Wildman–Crippen LogP) is -0.919. The summed E-state index contributed by atoms with van der Waals surface area (Å²) in [6, 6.07) is -0.706. The third-order valence-corrected chi connectivity index (χ3v) is 4.07. The summed E-state index contributed by atoms with van der Waals surface area (Å²) in [7, 11) is 1.21. The van der Waals surface area contributed by atoms with Crippen molar-refractivity contribution < 1.29 is 29.6 Å². The molecule has 2 amide bonds. The van der Waals surface area contributed by atoms with Crippen LogP contribution < -0.4 is 10.6 Å². The van der Waals surface area contributed by atoms with Crippen molar-refractivity contribution in [3.8, 4) is 0 Å². The Morgan fingerprint density at radius 3 is 2.52 bits per heavy atom. The summed E-state index contributed by atoms with van der Waals surface area (Å²) in [5.41, 5.74) is 0. The summed E-state index contributed by atoms with van der Waals surface area (Å²) in [4.78, 5) is 24.2. The number of allylic oxidation sites excluding steroid dienone is 1. The molecular weight excluding hydrogens is 328 g/mol. The number of hydrogen-bond acceptors (Lipinski definition) is 6. The molecule has 0 bridgehead atoms. The van der Waals surface area contributed by atoms with Gasteiger partial charge in [-0.15, -0.1) is 0 Å². The van der Waals surface area contributed by atoms with Gasteiger partial charge >= 0.3 is 0 Å². The molecule has 1 fully saturated rings. The van der Waals surface area contributed by atoms with Crippen LogP contribution in [-0.4, -0.2) is 71.2 Å². The second-order valence-corrected chi connectivity index (χ2v) is 6.60. The van der Waals surface area contributed by atoms with E-state index in [0.717, 1.165) is 12.8 Å². The number of hydrogen-bond donors (Lipinski definition) is 5. The summed E-state index contributed by atoms with van der Waals surface area (Å²) in [5.74, 6) is -0.832. The van der Waals surface area contributed by atoms with Crippen molar-refractivity contribution in [2.24, 2.45) is 5.92 Å². The predicted molar refractivity (Wildman–Crippen MR) is 91.6 cm³/mol. The Kier molecular flexibility index (Phi) is 9.05. The normalized spacial score (nSPS) is 23.6. The smallest absolute Gasteiger partial charge is 0.252 e. The lowest BCUT2D eigenvalue weighted by Crippen LogP contribution is -2.55. The van der Waals surface area contributed by atoms with Gasteiger partial charge in [-0.2, -0.15) is 0 Å². The standard InChI is InChI=1S/C17H30N2O6/c1-10(2)7-8-12(20)13(21)14(22)15(25-3)17(24)19-11-6-4-5-9-18-16(11)23/h7-8,10-15,20-22H,4-6,9H2,1-3H3,(H,18,23)(H,19,24)/b8-7+/t11-,12+,13+,14-,15+/m0/s1. The molecule has 0 saturated carbocycles. The summed E-state index contributed by atoms with van der Waals surface area (Å²) in [5, 5.41) is 35.4. The minimum absolute atomic E-state index is 0.161. The van der Waals surface area contributed by atoms with E-state index in [1.165, 1.54) is 13.2 Å². The largest absolute Gasteiger partial charge is 0.387 e. The number of carbonyl (C=O) groups excluding carboxylic acids is 2. The zero-order valence-corrected chi connectivity index (χ0v) is 15.0. The molecule has 0 aliphatic carbocycles. The van der Waals surface area contributed by atoms with E-state index in [2.05, 4.69) is 10.6 Å². The molecule has 5 N–H and O–H groups in total. The maximum atomic E-state index is 12.3. The van der Waals surface area contributed by atoms with Crippen molar-refractivity contribution in [1.82, 2.24) is 10.6 Å². The minimum atomic E-state index is -1.65. The minimum Gasteiger partial charge on any atom is -0.387 e. The molecule has 0 unspecified atom stereocenters. The van der Waals surface area contributed by atoms with Gasteiger partial charge < -0.3 is 30.7 Å². The van der Waals surface area contributed by atoms with Gasteiger partial charge in [-0.05, 0) is 25.2 Å². The summed E-state index contributed by atoms with van der Waals surface area (Å²) in [6.45, 7) is 4.36. The van der Waals surface area contributed by atoms with E-state index in [9.17, 15) is 24.9 Å². The topological polar surface area (TPSA) is 128 Å². The van der Waals surface area contributed by atoms with E-state index in [4.69, 9.17) is 4.74 Å². The molecule has 0 radical (unpaired) electrons. The van der Waals surface area contributed by atoms with Crippen LogP contribution in [0.25, 0.3) is 0 Å². The van der Waals surface area contributed by atoms with Crippen LogP contribution in [0.1, 0.15) is 33.1 Å². The Labute approximate surface area is 148 Å². The zero-order chi connectivity index (χ0) is 19.0. The van der Waals surface area contributed by atoms with E-state index in [1.54, 1.807) is 6.08 Å². The van der Waals surface area contributed by atoms with Crippen molar-refractivity contribution in [2.75, 3.05) is 13.7 Å². The van der Waals surface area contributed by atoms with Gasteiger partial charge in [-0.25, -0.2) is 0 Å². The Balaban J connectivity index is 2.71. The molecule has 0 spiro atoms. The fourth-order valence-corrected chi connectivity index (χ4v) is 2.56. The van der Waals surface area contributed by atoms with Gasteiger partial charge in [0.15, 0.2) is 6.10 Å². The number of carbonyl (C=O) groups is 2. The molecule has 1 rings (SSSR count). The van der Waals surface area contributed by atoms with Gasteiger partial charge in [0.05, 0.1) is 0 Å². The van der Waals surface area contributed by atoms with E-state index in [0.29, 0.717) is 13.0 Å². The van der Waals surface area contributed by atoms with E-state index < -0.39 is 36.4 Å². The first-order chi connectivity index (χ1) is 11.8. The van der Waals surface area contributed by atoms with Gasteiger partial charge in [-0.3, -0.25) is 9.59 Å². The molecule has 5 atom stereocenters. The molecule has 8 nitrogen and oxygen atoms in total. The van der Waals surface area contributed by atoms with Crippen molar-refractivity contribution in [2.45, 2.75) is 63.6 Å². The van der Waals surface area contributed by atoms with Crippen LogP contribution in [0.4, 0.5) is 0 Å². The molecule has 25 heavy (non-hydrogen) atoms. The van der Waals surface area contributed by atoms with Crippen LogP contribution in [0.2, 0.25) is 0 Å². The fraction of sp³-hybridized carbons (Fsp3) is 0.765. The lowest BCUT2D eigenvalue weighted by Gasteiger charge is -2.28. The number of aliphatic hydroxyl groups is 3. The number of nitrogens with one attached hydrogen (secondary N) is 2. The second-order valence-electron chi connectivity index (χ2n) is 6.60. The molecular formula is C17H30N2O6. The molecule has 8 heteroatoms. The highest BCUT2D eigenvalue weighted by Gasteiger charge is 2.36. The highest BCUT2D eigenvalue weighted by Crippen LogP contribution is 2.12. The number of aliphatic hydroxyl groups excluding tert-OH is 3. The van der Waals surface area contributed by atoms with E-state index >= 15 is 0 Å². The lowest BCUT2D eigenvalue weighted by atomic mass is 10.0. The average molecular weight is 358 g/mol. The van der Waals surface area contributed by atoms with Gasteiger partial charge in [-0.1, -0.05) is 26.0 Å². The Morgan fingerprint density at radius 2 is 1.92 bits per heavy atom. The Morgan fingerprint density at radius 1 is 1.24 bits per heavy atom. The average Bonchev–Trinajstić information content (AvgIpc) is 2.77. The maximum Gasteiger partial charge on any atom is 0.252 e. The zero-order valence-electron chi connectivity index (χ0n) is 15.0.